The zero-order valence-electron chi connectivity index (χ0n) is 11.4. The van der Waals surface area contributed by atoms with Gasteiger partial charge in [0.15, 0.2) is 0 Å². The van der Waals surface area contributed by atoms with E-state index in [1.54, 1.807) is 18.2 Å². The Kier molecular flexibility index (Phi) is 4.09. The fourth-order valence-corrected chi connectivity index (χ4v) is 2.44. The van der Waals surface area contributed by atoms with E-state index in [4.69, 9.17) is 23.8 Å². The predicted octanol–water partition coefficient (Wildman–Crippen LogP) is 3.43. The number of benzene rings is 2. The van der Waals surface area contributed by atoms with Crippen LogP contribution in [0.2, 0.25) is 5.02 Å². The van der Waals surface area contributed by atoms with Gasteiger partial charge in [-0.05, 0) is 24.3 Å². The maximum absolute atomic E-state index is 12.1. The highest BCUT2D eigenvalue weighted by Gasteiger charge is 2.10. The number of thiocarbonyl (C=S) groups is 1. The van der Waals surface area contributed by atoms with Gasteiger partial charge in [0, 0.05) is 21.5 Å². The third-order valence-electron chi connectivity index (χ3n) is 3.15. The van der Waals surface area contributed by atoms with Crippen LogP contribution in [0.5, 0.6) is 0 Å². The molecule has 0 bridgehead atoms. The van der Waals surface area contributed by atoms with E-state index in [0.29, 0.717) is 15.7 Å². The highest BCUT2D eigenvalue weighted by Crippen LogP contribution is 2.19. The number of hydrogen-bond donors (Lipinski definition) is 3. The van der Waals surface area contributed by atoms with Crippen LogP contribution in [0.4, 0.5) is 0 Å². The number of halogens is 1. The van der Waals surface area contributed by atoms with Crippen molar-refractivity contribution in [2.24, 2.45) is 0 Å². The van der Waals surface area contributed by atoms with Gasteiger partial charge in [0.25, 0.3) is 5.91 Å². The monoisotopic (exact) mass is 329 g/mol. The lowest BCUT2D eigenvalue weighted by atomic mass is 10.2. The lowest BCUT2D eigenvalue weighted by Crippen LogP contribution is -2.41. The minimum absolute atomic E-state index is 0.300. The molecule has 3 aromatic rings. The summed E-state index contributed by atoms with van der Waals surface area (Å²) in [6.07, 6.45) is 0. The minimum Gasteiger partial charge on any atom is -0.350 e. The first-order chi connectivity index (χ1) is 10.6. The van der Waals surface area contributed by atoms with Crippen LogP contribution in [0.25, 0.3) is 10.9 Å². The molecule has 1 amide bonds. The van der Waals surface area contributed by atoms with Crippen molar-refractivity contribution in [3.8, 4) is 0 Å². The molecule has 0 unspecified atom stereocenters. The number of aromatic nitrogens is 1. The SMILES string of the molecule is O=C(NNC(=S)c1ccccc1)c1cc2cc(Cl)ccc2[nH]1. The molecule has 0 aliphatic heterocycles. The third kappa shape index (κ3) is 3.10. The van der Waals surface area contributed by atoms with E-state index in [1.165, 1.54) is 0 Å². The van der Waals surface area contributed by atoms with E-state index in [9.17, 15) is 4.79 Å². The zero-order valence-corrected chi connectivity index (χ0v) is 13.0. The van der Waals surface area contributed by atoms with Gasteiger partial charge in [-0.15, -0.1) is 0 Å². The average Bonchev–Trinajstić information content (AvgIpc) is 2.96. The molecule has 1 heterocycles. The summed E-state index contributed by atoms with van der Waals surface area (Å²) >= 11 is 11.2. The Balaban J connectivity index is 1.69. The van der Waals surface area contributed by atoms with Crippen LogP contribution in [-0.2, 0) is 0 Å². The van der Waals surface area contributed by atoms with Crippen molar-refractivity contribution in [3.63, 3.8) is 0 Å². The Hall–Kier alpha value is -2.37. The van der Waals surface area contributed by atoms with Crippen LogP contribution in [0.15, 0.2) is 54.6 Å². The maximum atomic E-state index is 12.1. The summed E-state index contributed by atoms with van der Waals surface area (Å²) < 4.78 is 0. The van der Waals surface area contributed by atoms with Gasteiger partial charge < -0.3 is 4.98 Å². The number of hydrazine groups is 1. The topological polar surface area (TPSA) is 56.9 Å². The van der Waals surface area contributed by atoms with Crippen LogP contribution >= 0.6 is 23.8 Å². The van der Waals surface area contributed by atoms with Crippen molar-refractivity contribution in [3.05, 3.63) is 70.9 Å². The smallest absolute Gasteiger partial charge is 0.286 e. The Bertz CT molecular complexity index is 845. The highest BCUT2D eigenvalue weighted by atomic mass is 35.5. The van der Waals surface area contributed by atoms with Crippen molar-refractivity contribution in [1.82, 2.24) is 15.8 Å². The Labute approximate surface area is 137 Å². The molecule has 2 aromatic carbocycles. The number of aromatic amines is 1. The summed E-state index contributed by atoms with van der Waals surface area (Å²) in [5, 5.41) is 1.50. The molecule has 3 rings (SSSR count). The number of amides is 1. The molecule has 0 spiro atoms. The molecule has 0 atom stereocenters. The normalized spacial score (nSPS) is 10.4. The van der Waals surface area contributed by atoms with Crippen LogP contribution in [-0.4, -0.2) is 15.9 Å². The molecule has 110 valence electrons. The van der Waals surface area contributed by atoms with Crippen LogP contribution in [0.3, 0.4) is 0 Å². The Morgan fingerprint density at radius 1 is 1.05 bits per heavy atom. The number of nitrogens with one attached hydrogen (secondary N) is 3. The number of carbonyl (C=O) groups is 1. The van der Waals surface area contributed by atoms with Gasteiger partial charge >= 0.3 is 0 Å². The van der Waals surface area contributed by atoms with E-state index >= 15 is 0 Å². The summed E-state index contributed by atoms with van der Waals surface area (Å²) in [6.45, 7) is 0. The molecule has 0 saturated carbocycles. The summed E-state index contributed by atoms with van der Waals surface area (Å²) in [6, 6.07) is 16.5. The number of hydrogen-bond acceptors (Lipinski definition) is 2. The van der Waals surface area contributed by atoms with Gasteiger partial charge in [-0.25, -0.2) is 0 Å². The molecule has 0 aliphatic rings. The molecule has 22 heavy (non-hydrogen) atoms. The molecule has 4 nitrogen and oxygen atoms in total. The molecule has 3 N–H and O–H groups in total. The van der Waals surface area contributed by atoms with Gasteiger partial charge in [0.1, 0.15) is 10.7 Å². The molecular formula is C16H12ClN3OS. The summed E-state index contributed by atoms with van der Waals surface area (Å²) in [4.78, 5) is 15.6. The number of fused-ring (bicyclic) bond motifs is 1. The Morgan fingerprint density at radius 2 is 1.82 bits per heavy atom. The van der Waals surface area contributed by atoms with E-state index in [0.717, 1.165) is 16.5 Å². The standard InChI is InChI=1S/C16H12ClN3OS/c17-12-6-7-13-11(8-12)9-14(18-13)15(21)19-20-16(22)10-4-2-1-3-5-10/h1-9,18H,(H,19,21)(H,20,22). The zero-order chi connectivity index (χ0) is 15.5. The van der Waals surface area contributed by atoms with Gasteiger partial charge in [-0.2, -0.15) is 0 Å². The molecule has 0 radical (unpaired) electrons. The first kappa shape index (κ1) is 14.6. The van der Waals surface area contributed by atoms with Gasteiger partial charge in [0.2, 0.25) is 0 Å². The average molecular weight is 330 g/mol. The quantitative estimate of drug-likeness (QED) is 0.498. The molecule has 0 fully saturated rings. The Morgan fingerprint density at radius 3 is 2.59 bits per heavy atom. The van der Waals surface area contributed by atoms with Crippen LogP contribution in [0.1, 0.15) is 16.1 Å². The molecule has 0 aliphatic carbocycles. The minimum atomic E-state index is -0.300. The maximum Gasteiger partial charge on any atom is 0.286 e. The number of carbonyl (C=O) groups excluding carboxylic acids is 1. The van der Waals surface area contributed by atoms with Crippen molar-refractivity contribution in [2.45, 2.75) is 0 Å². The second kappa shape index (κ2) is 6.17. The van der Waals surface area contributed by atoms with E-state index in [-0.39, 0.29) is 5.91 Å². The van der Waals surface area contributed by atoms with Crippen LogP contribution in [0, 0.1) is 0 Å². The first-order valence-corrected chi connectivity index (χ1v) is 7.36. The molecular weight excluding hydrogens is 318 g/mol. The van der Waals surface area contributed by atoms with Crippen LogP contribution < -0.4 is 10.9 Å². The molecule has 0 saturated heterocycles. The van der Waals surface area contributed by atoms with Gasteiger partial charge in [0.05, 0.1) is 0 Å². The van der Waals surface area contributed by atoms with E-state index < -0.39 is 0 Å². The predicted molar refractivity (Wildman–Crippen MR) is 92.1 cm³/mol. The molecule has 6 heteroatoms. The largest absolute Gasteiger partial charge is 0.350 e. The highest BCUT2D eigenvalue weighted by molar-refractivity contribution is 7.80. The third-order valence-corrected chi connectivity index (χ3v) is 3.73. The first-order valence-electron chi connectivity index (χ1n) is 6.57. The second-order valence-electron chi connectivity index (χ2n) is 4.69. The number of rotatable bonds is 2. The summed E-state index contributed by atoms with van der Waals surface area (Å²) in [5.74, 6) is -0.300. The fourth-order valence-electron chi connectivity index (χ4n) is 2.07. The van der Waals surface area contributed by atoms with Gasteiger partial charge in [-0.3, -0.25) is 15.6 Å². The van der Waals surface area contributed by atoms with Crippen molar-refractivity contribution in [1.29, 1.82) is 0 Å². The van der Waals surface area contributed by atoms with Crippen molar-refractivity contribution >= 4 is 45.6 Å². The second-order valence-corrected chi connectivity index (χ2v) is 5.53. The van der Waals surface area contributed by atoms with E-state index in [1.807, 2.05) is 36.4 Å². The fraction of sp³-hybridized carbons (Fsp3) is 0. The van der Waals surface area contributed by atoms with Crippen molar-refractivity contribution in [2.75, 3.05) is 0 Å². The van der Waals surface area contributed by atoms with Gasteiger partial charge in [-0.1, -0.05) is 54.2 Å². The summed E-state index contributed by atoms with van der Waals surface area (Å²) in [7, 11) is 0. The lowest BCUT2D eigenvalue weighted by Gasteiger charge is -2.08. The number of H-pyrrole nitrogens is 1. The van der Waals surface area contributed by atoms with E-state index in [2.05, 4.69) is 15.8 Å². The van der Waals surface area contributed by atoms with Crippen molar-refractivity contribution < 1.29 is 4.79 Å². The molecule has 1 aromatic heterocycles. The summed E-state index contributed by atoms with van der Waals surface area (Å²) in [5.41, 5.74) is 7.43. The lowest BCUT2D eigenvalue weighted by molar-refractivity contribution is 0.0940.